The van der Waals surface area contributed by atoms with E-state index in [0.717, 1.165) is 37.2 Å². The average Bonchev–Trinajstić information content (AvgIpc) is 3.26. The molecule has 8 heteroatoms. The second-order valence-electron chi connectivity index (χ2n) is 10.2. The number of ether oxygens (including phenoxy) is 1. The average molecular weight is 633 g/mol. The Morgan fingerprint density at radius 1 is 0.750 bits per heavy atom. The lowest BCUT2D eigenvalue weighted by Gasteiger charge is -2.54. The van der Waals surface area contributed by atoms with E-state index in [1.807, 2.05) is 72.8 Å². The van der Waals surface area contributed by atoms with Gasteiger partial charge < -0.3 is 4.74 Å². The summed E-state index contributed by atoms with van der Waals surface area (Å²) in [5.41, 5.74) is 4.27. The van der Waals surface area contributed by atoms with Crippen LogP contribution in [0.1, 0.15) is 38.2 Å². The third-order valence-electron chi connectivity index (χ3n) is 8.21. The Balaban J connectivity index is 1.27. The van der Waals surface area contributed by atoms with Crippen molar-refractivity contribution in [2.24, 2.45) is 11.8 Å². The molecular weight excluding hydrogens is 613 g/mol. The Morgan fingerprint density at radius 3 is 1.75 bits per heavy atom. The number of carbonyl (C=O) groups excluding carboxylic acids is 3. The van der Waals surface area contributed by atoms with Crippen LogP contribution in [0.25, 0.3) is 0 Å². The molecule has 40 heavy (non-hydrogen) atoms. The first-order chi connectivity index (χ1) is 19.3. The van der Waals surface area contributed by atoms with Gasteiger partial charge in [0.1, 0.15) is 16.4 Å². The molecule has 2 bridgehead atoms. The molecule has 4 aromatic rings. The number of hydrogen-bond acceptors (Lipinski definition) is 4. The summed E-state index contributed by atoms with van der Waals surface area (Å²) in [6.07, 6.45) is 0. The molecular formula is C32H20BrCl2NO4. The van der Waals surface area contributed by atoms with Gasteiger partial charge in [-0.2, -0.15) is 0 Å². The van der Waals surface area contributed by atoms with E-state index in [0.29, 0.717) is 0 Å². The van der Waals surface area contributed by atoms with E-state index >= 15 is 0 Å². The van der Waals surface area contributed by atoms with Crippen molar-refractivity contribution in [3.05, 3.63) is 135 Å². The van der Waals surface area contributed by atoms with Gasteiger partial charge in [0, 0.05) is 4.47 Å². The van der Waals surface area contributed by atoms with Gasteiger partial charge >= 0.3 is 5.97 Å². The zero-order valence-electron chi connectivity index (χ0n) is 20.8. The molecule has 3 aliphatic carbocycles. The summed E-state index contributed by atoms with van der Waals surface area (Å²) >= 11 is 18.4. The first kappa shape index (κ1) is 25.5. The van der Waals surface area contributed by atoms with Crippen molar-refractivity contribution in [2.75, 3.05) is 4.90 Å². The van der Waals surface area contributed by atoms with Crippen molar-refractivity contribution >= 4 is 62.6 Å². The number of anilines is 1. The lowest BCUT2D eigenvalue weighted by molar-refractivity contribution is -0.122. The Bertz CT molecular complexity index is 1620. The fraction of sp³-hybridized carbons (Fsp3) is 0.156. The third kappa shape index (κ3) is 3.36. The highest BCUT2D eigenvalue weighted by Crippen LogP contribution is 2.69. The Kier molecular flexibility index (Phi) is 5.76. The van der Waals surface area contributed by atoms with E-state index in [1.54, 1.807) is 18.2 Å². The fourth-order valence-corrected chi connectivity index (χ4v) is 7.87. The number of imide groups is 1. The van der Waals surface area contributed by atoms with Gasteiger partial charge in [0.2, 0.25) is 11.8 Å². The van der Waals surface area contributed by atoms with Crippen molar-refractivity contribution in [2.45, 2.75) is 16.4 Å². The SMILES string of the molecule is O=C(OCc1ccc(Br)cc1)c1cccc(N2C(=O)[C@H]3[C@H](C2=O)C2(Cl)c4ccccc4C3(Cl)c3ccccc32)c1. The van der Waals surface area contributed by atoms with Crippen molar-refractivity contribution in [3.8, 4) is 0 Å². The maximum atomic E-state index is 14.2. The molecule has 2 atom stereocenters. The van der Waals surface area contributed by atoms with Crippen molar-refractivity contribution < 1.29 is 19.1 Å². The summed E-state index contributed by atoms with van der Waals surface area (Å²) in [5.74, 6) is -3.29. The summed E-state index contributed by atoms with van der Waals surface area (Å²) in [4.78, 5) is 39.9. The normalized spacial score (nSPS) is 25.8. The van der Waals surface area contributed by atoms with Gasteiger partial charge in [0.05, 0.1) is 23.1 Å². The maximum Gasteiger partial charge on any atom is 0.338 e. The second-order valence-corrected chi connectivity index (χ2v) is 12.3. The molecule has 1 aliphatic heterocycles. The van der Waals surface area contributed by atoms with E-state index in [2.05, 4.69) is 15.9 Å². The topological polar surface area (TPSA) is 63.7 Å². The van der Waals surface area contributed by atoms with Crippen LogP contribution in [0.4, 0.5) is 5.69 Å². The Labute approximate surface area is 248 Å². The van der Waals surface area contributed by atoms with Gasteiger partial charge in [-0.25, -0.2) is 9.69 Å². The van der Waals surface area contributed by atoms with E-state index in [4.69, 9.17) is 27.9 Å². The quantitative estimate of drug-likeness (QED) is 0.139. The molecule has 2 amide bonds. The number of alkyl halides is 2. The molecule has 198 valence electrons. The van der Waals surface area contributed by atoms with E-state index < -0.39 is 39.4 Å². The van der Waals surface area contributed by atoms with Crippen molar-refractivity contribution in [1.82, 2.24) is 0 Å². The van der Waals surface area contributed by atoms with Gasteiger partial charge in [0.15, 0.2) is 0 Å². The van der Waals surface area contributed by atoms with Crippen LogP contribution in [0.3, 0.4) is 0 Å². The van der Waals surface area contributed by atoms with Gasteiger partial charge in [-0.3, -0.25) is 9.59 Å². The zero-order valence-corrected chi connectivity index (χ0v) is 23.9. The molecule has 1 fully saturated rings. The van der Waals surface area contributed by atoms with Crippen LogP contribution in [0, 0.1) is 11.8 Å². The predicted molar refractivity (Wildman–Crippen MR) is 155 cm³/mol. The predicted octanol–water partition coefficient (Wildman–Crippen LogP) is 6.90. The maximum absolute atomic E-state index is 14.2. The number of rotatable bonds is 4. The Morgan fingerprint density at radius 2 is 1.25 bits per heavy atom. The standard InChI is InChI=1S/C32H20BrCl2NO4/c33-20-14-12-18(13-15-20)17-40-30(39)19-6-5-7-21(16-19)36-28(37)26-27(29(36)38)32(35)23-9-2-1-8-22(23)31(26,34)24-10-3-4-11-25(24)32/h1-16,26-27H,17H2/t26-,27-,31?,32?/m1/s1. The molecule has 0 saturated carbocycles. The Hall–Kier alpha value is -3.45. The van der Waals surface area contributed by atoms with Gasteiger partial charge in [-0.1, -0.05) is 82.7 Å². The number of benzene rings is 4. The van der Waals surface area contributed by atoms with Crippen LogP contribution in [0.5, 0.6) is 0 Å². The number of hydrogen-bond donors (Lipinski definition) is 0. The lowest BCUT2D eigenvalue weighted by atomic mass is 9.54. The summed E-state index contributed by atoms with van der Waals surface area (Å²) in [7, 11) is 0. The first-order valence-corrected chi connectivity index (χ1v) is 14.3. The van der Waals surface area contributed by atoms with Gasteiger partial charge in [-0.05, 0) is 58.1 Å². The molecule has 0 spiro atoms. The summed E-state index contributed by atoms with van der Waals surface area (Å²) in [5, 5.41) is 0. The number of halogens is 3. The van der Waals surface area contributed by atoms with E-state index in [1.165, 1.54) is 6.07 Å². The van der Waals surface area contributed by atoms with Crippen LogP contribution in [-0.2, 0) is 30.7 Å². The molecule has 1 saturated heterocycles. The smallest absolute Gasteiger partial charge is 0.338 e. The second kappa shape index (κ2) is 9.03. The molecule has 4 aliphatic rings. The van der Waals surface area contributed by atoms with Crippen LogP contribution in [0.15, 0.2) is 102 Å². The van der Waals surface area contributed by atoms with Crippen molar-refractivity contribution in [3.63, 3.8) is 0 Å². The van der Waals surface area contributed by atoms with Crippen LogP contribution < -0.4 is 4.90 Å². The van der Waals surface area contributed by atoms with E-state index in [-0.39, 0.29) is 17.9 Å². The monoisotopic (exact) mass is 631 g/mol. The van der Waals surface area contributed by atoms with Gasteiger partial charge in [0.25, 0.3) is 0 Å². The molecule has 0 radical (unpaired) electrons. The highest BCUT2D eigenvalue weighted by atomic mass is 79.9. The minimum atomic E-state index is -1.27. The molecule has 0 unspecified atom stereocenters. The highest BCUT2D eigenvalue weighted by molar-refractivity contribution is 9.10. The molecule has 0 N–H and O–H groups in total. The minimum absolute atomic E-state index is 0.0854. The highest BCUT2D eigenvalue weighted by Gasteiger charge is 2.73. The number of carbonyl (C=O) groups is 3. The molecule has 1 heterocycles. The number of amides is 2. The molecule has 5 nitrogen and oxygen atoms in total. The lowest BCUT2D eigenvalue weighted by Crippen LogP contribution is -2.57. The number of esters is 1. The molecule has 8 rings (SSSR count). The summed E-state index contributed by atoms with van der Waals surface area (Å²) in [6.45, 7) is 0.0854. The molecule has 0 aromatic heterocycles. The van der Waals surface area contributed by atoms with E-state index in [9.17, 15) is 14.4 Å². The third-order valence-corrected chi connectivity index (χ3v) is 10.0. The fourth-order valence-electron chi connectivity index (χ4n) is 6.51. The van der Waals surface area contributed by atoms with Gasteiger partial charge in [-0.15, -0.1) is 23.2 Å². The first-order valence-electron chi connectivity index (χ1n) is 12.7. The summed E-state index contributed by atoms with van der Waals surface area (Å²) < 4.78 is 6.42. The minimum Gasteiger partial charge on any atom is -0.457 e. The zero-order chi connectivity index (χ0) is 27.8. The molecule has 4 aromatic carbocycles. The largest absolute Gasteiger partial charge is 0.457 e. The summed E-state index contributed by atoms with van der Waals surface area (Å²) in [6, 6.07) is 28.8. The van der Waals surface area contributed by atoms with Crippen LogP contribution in [0.2, 0.25) is 0 Å². The van der Waals surface area contributed by atoms with Crippen LogP contribution in [-0.4, -0.2) is 17.8 Å². The van der Waals surface area contributed by atoms with Crippen LogP contribution >= 0.6 is 39.1 Å². The van der Waals surface area contributed by atoms with Crippen molar-refractivity contribution in [1.29, 1.82) is 0 Å². The number of nitrogens with zero attached hydrogens (tertiary/aromatic N) is 1.